The summed E-state index contributed by atoms with van der Waals surface area (Å²) in [5.41, 5.74) is 2.62. The Hall–Kier alpha value is -2.75. The predicted molar refractivity (Wildman–Crippen MR) is 92.2 cm³/mol. The maximum absolute atomic E-state index is 12.3. The molecule has 0 saturated heterocycles. The minimum atomic E-state index is -4.77. The number of carboxylic acid groups (broad SMARTS) is 1. The number of alkyl halides is 3. The van der Waals surface area contributed by atoms with E-state index in [9.17, 15) is 18.0 Å². The van der Waals surface area contributed by atoms with Crippen LogP contribution >= 0.6 is 15.9 Å². The van der Waals surface area contributed by atoms with E-state index in [0.29, 0.717) is 32.3 Å². The molecule has 0 spiro atoms. The highest BCUT2D eigenvalue weighted by atomic mass is 79.9. The largest absolute Gasteiger partial charge is 0.573 e. The van der Waals surface area contributed by atoms with E-state index in [2.05, 4.69) is 31.0 Å². The molecule has 0 aliphatic heterocycles. The minimum Gasteiger partial charge on any atom is -0.465 e. The van der Waals surface area contributed by atoms with Crippen molar-refractivity contribution in [3.63, 3.8) is 0 Å². The number of aromatic nitrogens is 2. The molecule has 3 rings (SSSR count). The highest BCUT2D eigenvalue weighted by Crippen LogP contribution is 2.38. The molecule has 10 heteroatoms. The maximum atomic E-state index is 12.3. The molecule has 0 bridgehead atoms. The second kappa shape index (κ2) is 6.52. The number of nitrogens with one attached hydrogen (secondary N) is 1. The van der Waals surface area contributed by atoms with E-state index in [-0.39, 0.29) is 5.75 Å². The number of nitrogens with zero attached hydrogens (tertiary/aromatic N) is 2. The van der Waals surface area contributed by atoms with Crippen molar-refractivity contribution in [2.45, 2.75) is 6.36 Å². The van der Waals surface area contributed by atoms with Crippen molar-refractivity contribution in [1.82, 2.24) is 9.55 Å². The smallest absolute Gasteiger partial charge is 0.465 e. The van der Waals surface area contributed by atoms with E-state index in [0.717, 1.165) is 0 Å². The summed E-state index contributed by atoms with van der Waals surface area (Å²) in [6, 6.07) is 6.83. The quantitative estimate of drug-likeness (QED) is 0.614. The predicted octanol–water partition coefficient (Wildman–Crippen LogP) is 4.99. The molecule has 0 aliphatic carbocycles. The molecule has 0 unspecified atom stereocenters. The average molecular weight is 430 g/mol. The number of imidazole rings is 1. The number of aryl methyl sites for hydroxylation is 1. The highest BCUT2D eigenvalue weighted by molar-refractivity contribution is 9.10. The summed E-state index contributed by atoms with van der Waals surface area (Å²) in [4.78, 5) is 15.3. The van der Waals surface area contributed by atoms with Crippen LogP contribution in [0.2, 0.25) is 0 Å². The van der Waals surface area contributed by atoms with Crippen LogP contribution in [0.25, 0.3) is 22.2 Å². The molecule has 3 aromatic rings. The minimum absolute atomic E-state index is 0.291. The van der Waals surface area contributed by atoms with E-state index in [1.165, 1.54) is 24.3 Å². The Balaban J connectivity index is 2.12. The fourth-order valence-corrected chi connectivity index (χ4v) is 3.23. The van der Waals surface area contributed by atoms with Gasteiger partial charge in [0.1, 0.15) is 5.75 Å². The Morgan fingerprint density at radius 2 is 1.96 bits per heavy atom. The molecule has 0 saturated carbocycles. The summed E-state index contributed by atoms with van der Waals surface area (Å²) in [7, 11) is 1.74. The summed E-state index contributed by atoms with van der Waals surface area (Å²) in [6.45, 7) is 0. The summed E-state index contributed by atoms with van der Waals surface area (Å²) < 4.78 is 42.9. The van der Waals surface area contributed by atoms with E-state index >= 15 is 0 Å². The molecule has 0 aliphatic rings. The summed E-state index contributed by atoms with van der Waals surface area (Å²) in [5, 5.41) is 11.3. The lowest BCUT2D eigenvalue weighted by atomic mass is 10.0. The van der Waals surface area contributed by atoms with Gasteiger partial charge in [-0.1, -0.05) is 12.1 Å². The van der Waals surface area contributed by atoms with Gasteiger partial charge in [-0.05, 0) is 39.7 Å². The van der Waals surface area contributed by atoms with Gasteiger partial charge >= 0.3 is 12.5 Å². The zero-order valence-corrected chi connectivity index (χ0v) is 14.7. The van der Waals surface area contributed by atoms with E-state index in [1.54, 1.807) is 24.0 Å². The Labute approximate surface area is 153 Å². The first-order valence-corrected chi connectivity index (χ1v) is 7.94. The number of carbonyl (C=O) groups is 1. The SMILES string of the molecule is Cn1cnc2c(-c3ccc(OC(F)(F)F)cc3)cc(NC(=O)O)c(Br)c21. The van der Waals surface area contributed by atoms with Crippen molar-refractivity contribution in [1.29, 1.82) is 0 Å². The van der Waals surface area contributed by atoms with Crippen molar-refractivity contribution >= 4 is 38.7 Å². The number of hydrogen-bond acceptors (Lipinski definition) is 3. The highest BCUT2D eigenvalue weighted by Gasteiger charge is 2.31. The van der Waals surface area contributed by atoms with Gasteiger partial charge in [-0.2, -0.15) is 0 Å². The maximum Gasteiger partial charge on any atom is 0.573 e. The second-order valence-electron chi connectivity index (χ2n) is 5.34. The van der Waals surface area contributed by atoms with E-state index < -0.39 is 12.5 Å². The summed E-state index contributed by atoms with van der Waals surface area (Å²) >= 11 is 3.36. The number of anilines is 1. The first kappa shape index (κ1) is 18.1. The molecule has 1 amide bonds. The molecular formula is C16H11BrF3N3O3. The van der Waals surface area contributed by atoms with Gasteiger partial charge in [-0.25, -0.2) is 9.78 Å². The Kier molecular flexibility index (Phi) is 4.53. The Morgan fingerprint density at radius 3 is 2.54 bits per heavy atom. The molecule has 0 fully saturated rings. The summed E-state index contributed by atoms with van der Waals surface area (Å²) in [5.74, 6) is -0.348. The van der Waals surface area contributed by atoms with Crippen LogP contribution in [0.1, 0.15) is 0 Å². The van der Waals surface area contributed by atoms with Crippen LogP contribution in [0.4, 0.5) is 23.7 Å². The third-order valence-electron chi connectivity index (χ3n) is 3.57. The first-order valence-electron chi connectivity index (χ1n) is 7.15. The van der Waals surface area contributed by atoms with Crippen molar-refractivity contribution in [3.8, 4) is 16.9 Å². The Bertz CT molecular complexity index is 984. The standard InChI is InChI=1S/C16H11BrF3N3O3/c1-23-7-21-13-10(6-11(22-15(24)25)12(17)14(13)23)8-2-4-9(5-3-8)26-16(18,19)20/h2-7,22H,1H3,(H,24,25). The van der Waals surface area contributed by atoms with Crippen LogP contribution in [0.5, 0.6) is 5.75 Å². The molecular weight excluding hydrogens is 419 g/mol. The van der Waals surface area contributed by atoms with Crippen molar-refractivity contribution in [3.05, 3.63) is 41.1 Å². The number of benzene rings is 2. The number of amides is 1. The lowest BCUT2D eigenvalue weighted by Gasteiger charge is -2.12. The average Bonchev–Trinajstić information content (AvgIpc) is 2.91. The van der Waals surface area contributed by atoms with E-state index in [1.807, 2.05) is 0 Å². The van der Waals surface area contributed by atoms with Gasteiger partial charge < -0.3 is 14.4 Å². The molecule has 1 aromatic heterocycles. The zero-order chi connectivity index (χ0) is 19.1. The molecule has 0 radical (unpaired) electrons. The van der Waals surface area contributed by atoms with Crippen LogP contribution in [0.15, 0.2) is 41.1 Å². The molecule has 26 heavy (non-hydrogen) atoms. The van der Waals surface area contributed by atoms with Gasteiger partial charge in [-0.15, -0.1) is 13.2 Å². The van der Waals surface area contributed by atoms with Gasteiger partial charge in [0.2, 0.25) is 0 Å². The van der Waals surface area contributed by atoms with Crippen LogP contribution in [-0.4, -0.2) is 27.1 Å². The molecule has 136 valence electrons. The van der Waals surface area contributed by atoms with Crippen LogP contribution in [0, 0.1) is 0 Å². The van der Waals surface area contributed by atoms with Crippen LogP contribution in [0.3, 0.4) is 0 Å². The lowest BCUT2D eigenvalue weighted by Crippen LogP contribution is -2.16. The zero-order valence-electron chi connectivity index (χ0n) is 13.1. The molecule has 6 nitrogen and oxygen atoms in total. The van der Waals surface area contributed by atoms with Gasteiger partial charge in [0.25, 0.3) is 0 Å². The third-order valence-corrected chi connectivity index (χ3v) is 4.37. The molecule has 2 N–H and O–H groups in total. The Morgan fingerprint density at radius 1 is 1.31 bits per heavy atom. The molecule has 0 atom stereocenters. The number of halogens is 4. The van der Waals surface area contributed by atoms with Crippen molar-refractivity contribution < 1.29 is 27.8 Å². The monoisotopic (exact) mass is 429 g/mol. The second-order valence-corrected chi connectivity index (χ2v) is 6.13. The number of hydrogen-bond donors (Lipinski definition) is 2. The van der Waals surface area contributed by atoms with Gasteiger partial charge in [0.15, 0.2) is 0 Å². The van der Waals surface area contributed by atoms with Crippen LogP contribution in [-0.2, 0) is 7.05 Å². The normalized spacial score (nSPS) is 11.6. The summed E-state index contributed by atoms with van der Waals surface area (Å²) in [6.07, 6.45) is -4.46. The fourth-order valence-electron chi connectivity index (χ4n) is 2.55. The first-order chi connectivity index (χ1) is 12.2. The van der Waals surface area contributed by atoms with Crippen molar-refractivity contribution in [2.24, 2.45) is 7.05 Å². The molecule has 1 heterocycles. The van der Waals surface area contributed by atoms with Crippen molar-refractivity contribution in [2.75, 3.05) is 5.32 Å². The van der Waals surface area contributed by atoms with E-state index in [4.69, 9.17) is 5.11 Å². The number of fused-ring (bicyclic) bond motifs is 1. The fraction of sp³-hybridized carbons (Fsp3) is 0.125. The lowest BCUT2D eigenvalue weighted by molar-refractivity contribution is -0.274. The molecule has 2 aromatic carbocycles. The van der Waals surface area contributed by atoms with Crippen LogP contribution < -0.4 is 10.1 Å². The number of rotatable bonds is 3. The third kappa shape index (κ3) is 3.59. The van der Waals surface area contributed by atoms with Gasteiger partial charge in [0.05, 0.1) is 27.5 Å². The van der Waals surface area contributed by atoms with Gasteiger partial charge in [-0.3, -0.25) is 5.32 Å². The van der Waals surface area contributed by atoms with Gasteiger partial charge in [0, 0.05) is 12.6 Å². The number of ether oxygens (including phenoxy) is 1. The topological polar surface area (TPSA) is 76.4 Å².